The maximum atomic E-state index is 11.8. The molecule has 6 nitrogen and oxygen atoms in total. The summed E-state index contributed by atoms with van der Waals surface area (Å²) in [5.41, 5.74) is 0. The molecule has 132 valence electrons. The third kappa shape index (κ3) is 7.12. The molecule has 4 unspecified atom stereocenters. The van der Waals surface area contributed by atoms with Crippen LogP contribution in [0.5, 0.6) is 0 Å². The zero-order valence-electron chi connectivity index (χ0n) is 13.2. The normalized spacial score (nSPS) is 25.7. The van der Waals surface area contributed by atoms with Gasteiger partial charge in [-0.2, -0.15) is 0 Å². The highest BCUT2D eigenvalue weighted by Gasteiger charge is 2.28. The largest absolute Gasteiger partial charge is 0.462 e. The average Bonchev–Trinajstić information content (AvgIpc) is 2.43. The Morgan fingerprint density at radius 2 is 1.09 bits per heavy atom. The van der Waals surface area contributed by atoms with E-state index in [1.165, 1.54) is 0 Å². The van der Waals surface area contributed by atoms with Crippen LogP contribution < -0.4 is 0 Å². The summed E-state index contributed by atoms with van der Waals surface area (Å²) in [4.78, 5) is 21.3. The molecule has 2 aliphatic heterocycles. The van der Waals surface area contributed by atoms with E-state index in [9.17, 15) is 18.0 Å². The van der Waals surface area contributed by atoms with Crippen molar-refractivity contribution in [3.8, 4) is 0 Å². The minimum atomic E-state index is -0.881. The predicted octanol–water partition coefficient (Wildman–Crippen LogP) is 1.07. The van der Waals surface area contributed by atoms with E-state index in [2.05, 4.69) is 0 Å². The topological polar surface area (TPSA) is 86.7 Å². The predicted molar refractivity (Wildman–Crippen MR) is 87.8 cm³/mol. The summed E-state index contributed by atoms with van der Waals surface area (Å²) < 4.78 is 33.4. The highest BCUT2D eigenvalue weighted by Crippen LogP contribution is 2.19. The van der Waals surface area contributed by atoms with Crippen molar-refractivity contribution >= 4 is 33.5 Å². The highest BCUT2D eigenvalue weighted by atomic mass is 32.2. The third-order valence-corrected chi connectivity index (χ3v) is 6.90. The van der Waals surface area contributed by atoms with Crippen molar-refractivity contribution in [2.75, 3.05) is 23.0 Å². The smallest absolute Gasteiger partial charge is 0.309 e. The van der Waals surface area contributed by atoms with Gasteiger partial charge in [-0.15, -0.1) is 0 Å². The quantitative estimate of drug-likeness (QED) is 0.481. The van der Waals surface area contributed by atoms with Crippen LogP contribution in [0.25, 0.3) is 0 Å². The first-order valence-corrected chi connectivity index (χ1v) is 11.1. The Morgan fingerprint density at radius 3 is 1.43 bits per heavy atom. The van der Waals surface area contributed by atoms with Crippen LogP contribution >= 0.6 is 0 Å². The number of esters is 2. The van der Waals surface area contributed by atoms with E-state index in [4.69, 9.17) is 9.47 Å². The summed E-state index contributed by atoms with van der Waals surface area (Å²) in [6.07, 6.45) is 4.92. The molecule has 0 radical (unpaired) electrons. The summed E-state index contributed by atoms with van der Waals surface area (Å²) >= 11 is 0. The number of rotatable bonds is 12. The van der Waals surface area contributed by atoms with Crippen LogP contribution in [0.4, 0.5) is 0 Å². The van der Waals surface area contributed by atoms with Gasteiger partial charge in [-0.1, -0.05) is 0 Å². The molecule has 0 spiro atoms. The Kier molecular flexibility index (Phi) is 7.69. The fraction of sp³-hybridized carbons (Fsp3) is 0.867. The SMILES string of the molecule is O=C1CC(CCCS(=O)CCCS(=O)CCCC2CC(=O)O2)O1. The first-order valence-electron chi connectivity index (χ1n) is 8.12. The van der Waals surface area contributed by atoms with Gasteiger partial charge in [-0.25, -0.2) is 0 Å². The molecule has 0 N–H and O–H groups in total. The zero-order chi connectivity index (χ0) is 16.7. The molecule has 0 aromatic heterocycles. The Balaban J connectivity index is 1.39. The van der Waals surface area contributed by atoms with Gasteiger partial charge >= 0.3 is 11.9 Å². The molecule has 2 heterocycles. The third-order valence-electron chi connectivity index (χ3n) is 3.93. The van der Waals surface area contributed by atoms with Crippen molar-refractivity contribution in [3.05, 3.63) is 0 Å². The second kappa shape index (κ2) is 9.52. The van der Waals surface area contributed by atoms with Crippen molar-refractivity contribution in [3.63, 3.8) is 0 Å². The molecule has 0 aromatic carbocycles. The van der Waals surface area contributed by atoms with Gasteiger partial charge in [0.25, 0.3) is 0 Å². The number of hydrogen-bond acceptors (Lipinski definition) is 6. The Labute approximate surface area is 141 Å². The monoisotopic (exact) mass is 364 g/mol. The minimum Gasteiger partial charge on any atom is -0.462 e. The van der Waals surface area contributed by atoms with E-state index in [1.54, 1.807) is 0 Å². The molecule has 0 aromatic rings. The molecule has 0 saturated carbocycles. The molecule has 2 rings (SSSR count). The molecular formula is C15H24O6S2. The molecule has 2 saturated heterocycles. The van der Waals surface area contributed by atoms with Gasteiger partial charge < -0.3 is 9.47 Å². The lowest BCUT2D eigenvalue weighted by Gasteiger charge is -2.25. The van der Waals surface area contributed by atoms with Crippen LogP contribution in [0.1, 0.15) is 44.9 Å². The van der Waals surface area contributed by atoms with Crippen molar-refractivity contribution < 1.29 is 27.5 Å². The maximum absolute atomic E-state index is 11.8. The molecule has 2 aliphatic rings. The van der Waals surface area contributed by atoms with E-state index in [0.717, 1.165) is 25.7 Å². The lowest BCUT2D eigenvalue weighted by molar-refractivity contribution is -0.170. The van der Waals surface area contributed by atoms with Gasteiger partial charge in [0.2, 0.25) is 0 Å². The van der Waals surface area contributed by atoms with Gasteiger partial charge in [0.1, 0.15) is 12.2 Å². The Bertz CT molecular complexity index is 421. The molecular weight excluding hydrogens is 340 g/mol. The maximum Gasteiger partial charge on any atom is 0.309 e. The van der Waals surface area contributed by atoms with E-state index >= 15 is 0 Å². The lowest BCUT2D eigenvalue weighted by atomic mass is 10.1. The van der Waals surface area contributed by atoms with E-state index in [-0.39, 0.29) is 24.1 Å². The molecule has 0 bridgehead atoms. The summed E-state index contributed by atoms with van der Waals surface area (Å²) in [5, 5.41) is 0. The molecule has 8 heteroatoms. The second-order valence-electron chi connectivity index (χ2n) is 5.97. The standard InChI is InChI=1S/C15H24O6S2/c16-14-10-12(20-14)4-1-6-22(18)8-3-9-23(19)7-2-5-13-11-15(17)21-13/h12-13H,1-11H2. The molecule has 23 heavy (non-hydrogen) atoms. The number of carbonyl (C=O) groups excluding carboxylic acids is 2. The molecule has 0 aliphatic carbocycles. The zero-order valence-corrected chi connectivity index (χ0v) is 14.8. The summed E-state index contributed by atoms with van der Waals surface area (Å²) in [5.74, 6) is 2.11. The number of ether oxygens (including phenoxy) is 2. The van der Waals surface area contributed by atoms with Crippen molar-refractivity contribution in [2.45, 2.75) is 57.2 Å². The van der Waals surface area contributed by atoms with Crippen molar-refractivity contribution in [2.24, 2.45) is 0 Å². The first-order chi connectivity index (χ1) is 11.0. The van der Waals surface area contributed by atoms with Crippen LogP contribution in [0.2, 0.25) is 0 Å². The number of carbonyl (C=O) groups is 2. The second-order valence-corrected chi connectivity index (χ2v) is 9.36. The minimum absolute atomic E-state index is 0.0296. The van der Waals surface area contributed by atoms with Crippen molar-refractivity contribution in [1.82, 2.24) is 0 Å². The first kappa shape index (κ1) is 18.6. The van der Waals surface area contributed by atoms with Gasteiger partial charge in [0, 0.05) is 44.6 Å². The van der Waals surface area contributed by atoms with E-state index in [1.807, 2.05) is 0 Å². The number of cyclic esters (lactones) is 2. The summed E-state index contributed by atoms with van der Waals surface area (Å²) in [6, 6.07) is 0. The van der Waals surface area contributed by atoms with E-state index < -0.39 is 21.6 Å². The fourth-order valence-electron chi connectivity index (χ4n) is 2.58. The van der Waals surface area contributed by atoms with Crippen LogP contribution in [0.15, 0.2) is 0 Å². The fourth-order valence-corrected chi connectivity index (χ4v) is 5.08. The molecule has 4 atom stereocenters. The van der Waals surface area contributed by atoms with E-state index in [0.29, 0.717) is 42.3 Å². The highest BCUT2D eigenvalue weighted by molar-refractivity contribution is 7.85. The van der Waals surface area contributed by atoms with Gasteiger partial charge in [-0.05, 0) is 32.1 Å². The summed E-state index contributed by atoms with van der Waals surface area (Å²) in [6.45, 7) is 0. The van der Waals surface area contributed by atoms with Crippen LogP contribution in [-0.4, -0.2) is 55.6 Å². The Hall–Kier alpha value is -0.760. The van der Waals surface area contributed by atoms with Crippen LogP contribution in [0.3, 0.4) is 0 Å². The number of hydrogen-bond donors (Lipinski definition) is 0. The Morgan fingerprint density at radius 1 is 0.739 bits per heavy atom. The molecule has 0 amide bonds. The van der Waals surface area contributed by atoms with Crippen LogP contribution in [0, 0.1) is 0 Å². The lowest BCUT2D eigenvalue weighted by Crippen LogP contribution is -2.32. The molecule has 2 fully saturated rings. The van der Waals surface area contributed by atoms with Crippen molar-refractivity contribution in [1.29, 1.82) is 0 Å². The van der Waals surface area contributed by atoms with Gasteiger partial charge in [0.05, 0.1) is 12.8 Å². The van der Waals surface area contributed by atoms with Crippen LogP contribution in [-0.2, 0) is 40.7 Å². The summed E-state index contributed by atoms with van der Waals surface area (Å²) in [7, 11) is -1.76. The van der Waals surface area contributed by atoms with Gasteiger partial charge in [-0.3, -0.25) is 18.0 Å². The van der Waals surface area contributed by atoms with Gasteiger partial charge in [0.15, 0.2) is 0 Å². The average molecular weight is 364 g/mol.